The number of hydrogen-bond acceptors (Lipinski definition) is 2. The van der Waals surface area contributed by atoms with Crippen LogP contribution in [0.1, 0.15) is 27.7 Å². The standard InChI is InChI=1S/C8H20N.C2N3/c1-5-9(6-2,7-3)8-4;3-1-5-2-4/h5-8H2,1-4H3;/q+1;-1. The normalized spacial score (nSPS) is 9.07. The lowest BCUT2D eigenvalue weighted by Gasteiger charge is -2.34. The van der Waals surface area contributed by atoms with E-state index in [1.54, 1.807) is 0 Å². The third-order valence-corrected chi connectivity index (χ3v) is 2.78. The van der Waals surface area contributed by atoms with E-state index in [0.29, 0.717) is 0 Å². The van der Waals surface area contributed by atoms with E-state index < -0.39 is 0 Å². The van der Waals surface area contributed by atoms with E-state index in [0.717, 1.165) is 0 Å². The minimum atomic E-state index is 1.28. The summed E-state index contributed by atoms with van der Waals surface area (Å²) in [5, 5.41) is 14.9. The third kappa shape index (κ3) is 6.36. The monoisotopic (exact) mass is 196 g/mol. The maximum absolute atomic E-state index is 7.43. The Balaban J connectivity index is 0. The number of nitriles is 1. The number of aliphatic imine (C=N–C) groups is 1. The van der Waals surface area contributed by atoms with E-state index in [1.165, 1.54) is 42.9 Å². The fraction of sp³-hybridized carbons (Fsp3) is 0.800. The highest BCUT2D eigenvalue weighted by atomic mass is 15.3. The maximum atomic E-state index is 7.43. The first kappa shape index (κ1) is 15.3. The summed E-state index contributed by atoms with van der Waals surface area (Å²) in [6.45, 7) is 14.2. The summed E-state index contributed by atoms with van der Waals surface area (Å²) in [6, 6.07) is 1.28. The van der Waals surface area contributed by atoms with Crippen molar-refractivity contribution in [2.45, 2.75) is 27.7 Å². The fourth-order valence-electron chi connectivity index (χ4n) is 1.36. The molecule has 0 radical (unpaired) electrons. The lowest BCUT2D eigenvalue weighted by atomic mass is 10.3. The molecule has 4 nitrogen and oxygen atoms in total. The van der Waals surface area contributed by atoms with Gasteiger partial charge in [0.05, 0.1) is 32.4 Å². The van der Waals surface area contributed by atoms with Crippen molar-refractivity contribution in [2.75, 3.05) is 26.2 Å². The van der Waals surface area contributed by atoms with Crippen molar-refractivity contribution in [1.29, 1.82) is 5.26 Å². The summed E-state index contributed by atoms with van der Waals surface area (Å²) in [5.74, 6) is 0. The lowest BCUT2D eigenvalue weighted by molar-refractivity contribution is -0.921. The second kappa shape index (κ2) is 9.91. The van der Waals surface area contributed by atoms with Crippen molar-refractivity contribution in [3.05, 3.63) is 5.41 Å². The SMILES string of the molecule is CC[N+](CC)(CC)CC.N#CN=C=[N-]. The molecule has 0 spiro atoms. The highest BCUT2D eigenvalue weighted by Gasteiger charge is 2.16. The van der Waals surface area contributed by atoms with Crippen LogP contribution in [0, 0.1) is 11.5 Å². The van der Waals surface area contributed by atoms with Gasteiger partial charge in [-0.3, -0.25) is 0 Å². The molecule has 0 aliphatic heterocycles. The van der Waals surface area contributed by atoms with Crippen molar-refractivity contribution < 1.29 is 4.48 Å². The van der Waals surface area contributed by atoms with Gasteiger partial charge in [-0.2, -0.15) is 5.26 Å². The van der Waals surface area contributed by atoms with Gasteiger partial charge in [-0.1, -0.05) is 0 Å². The molecule has 0 saturated heterocycles. The Hall–Kier alpha value is -1.17. The zero-order chi connectivity index (χ0) is 11.4. The van der Waals surface area contributed by atoms with Crippen LogP contribution in [0.15, 0.2) is 4.99 Å². The molecular weight excluding hydrogens is 176 g/mol. The van der Waals surface area contributed by atoms with Crippen LogP contribution < -0.4 is 0 Å². The number of hydrogen-bond donors (Lipinski definition) is 0. The summed E-state index contributed by atoms with van der Waals surface area (Å²) in [7, 11) is 0. The maximum Gasteiger partial charge on any atom is 0.0925 e. The predicted molar refractivity (Wildman–Crippen MR) is 58.8 cm³/mol. The number of nitrogens with zero attached hydrogens (tertiary/aromatic N) is 4. The Morgan fingerprint density at radius 2 is 1.43 bits per heavy atom. The zero-order valence-corrected chi connectivity index (χ0v) is 9.62. The topological polar surface area (TPSA) is 58.5 Å². The molecular formula is C10H20N4. The van der Waals surface area contributed by atoms with E-state index in [9.17, 15) is 0 Å². The molecule has 0 fully saturated rings. The molecule has 0 aliphatic rings. The summed E-state index contributed by atoms with van der Waals surface area (Å²) < 4.78 is 1.28. The van der Waals surface area contributed by atoms with Crippen molar-refractivity contribution in [3.63, 3.8) is 0 Å². The van der Waals surface area contributed by atoms with Gasteiger partial charge in [0.15, 0.2) is 0 Å². The van der Waals surface area contributed by atoms with Gasteiger partial charge in [-0.05, 0) is 27.7 Å². The molecule has 0 bridgehead atoms. The van der Waals surface area contributed by atoms with Gasteiger partial charge < -0.3 is 14.9 Å². The van der Waals surface area contributed by atoms with E-state index in [1.807, 2.05) is 0 Å². The van der Waals surface area contributed by atoms with Crippen molar-refractivity contribution in [1.82, 2.24) is 0 Å². The molecule has 0 heterocycles. The second-order valence-corrected chi connectivity index (χ2v) is 2.92. The van der Waals surface area contributed by atoms with E-state index in [4.69, 9.17) is 10.7 Å². The molecule has 0 aliphatic carbocycles. The molecule has 0 aromatic rings. The van der Waals surface area contributed by atoms with Crippen LogP contribution in [0.25, 0.3) is 5.41 Å². The van der Waals surface area contributed by atoms with Gasteiger partial charge >= 0.3 is 0 Å². The van der Waals surface area contributed by atoms with E-state index in [2.05, 4.69) is 32.7 Å². The molecule has 4 heteroatoms. The van der Waals surface area contributed by atoms with Crippen LogP contribution in [0.4, 0.5) is 0 Å². The van der Waals surface area contributed by atoms with Crippen LogP contribution in [-0.4, -0.2) is 36.7 Å². The highest BCUT2D eigenvalue weighted by molar-refractivity contribution is 5.46. The zero-order valence-electron chi connectivity index (χ0n) is 9.62. The molecule has 0 aromatic heterocycles. The lowest BCUT2D eigenvalue weighted by Crippen LogP contribution is -2.47. The molecule has 0 aromatic carbocycles. The molecule has 0 unspecified atom stereocenters. The molecule has 0 N–H and O–H groups in total. The Bertz CT molecular complexity index is 189. The van der Waals surface area contributed by atoms with Gasteiger partial charge in [0.25, 0.3) is 0 Å². The van der Waals surface area contributed by atoms with Crippen LogP contribution in [0.2, 0.25) is 0 Å². The summed E-state index contributed by atoms with van der Waals surface area (Å²) in [6.07, 6.45) is 1.28. The Morgan fingerprint density at radius 1 is 1.07 bits per heavy atom. The first-order chi connectivity index (χ1) is 6.66. The Kier molecular flexibility index (Phi) is 10.8. The molecule has 0 amide bonds. The summed E-state index contributed by atoms with van der Waals surface area (Å²) in [5.41, 5.74) is 0. The quantitative estimate of drug-likeness (QED) is 0.386. The summed E-state index contributed by atoms with van der Waals surface area (Å²) >= 11 is 0. The Morgan fingerprint density at radius 3 is 1.43 bits per heavy atom. The van der Waals surface area contributed by atoms with E-state index >= 15 is 0 Å². The van der Waals surface area contributed by atoms with Gasteiger partial charge in [0, 0.05) is 0 Å². The van der Waals surface area contributed by atoms with Crippen LogP contribution >= 0.6 is 0 Å². The van der Waals surface area contributed by atoms with Crippen LogP contribution in [0.5, 0.6) is 0 Å². The molecule has 14 heavy (non-hydrogen) atoms. The average Bonchev–Trinajstić information content (AvgIpc) is 2.24. The van der Waals surface area contributed by atoms with Crippen LogP contribution in [0.3, 0.4) is 0 Å². The second-order valence-electron chi connectivity index (χ2n) is 2.92. The van der Waals surface area contributed by atoms with Gasteiger partial charge in [0.2, 0.25) is 0 Å². The van der Waals surface area contributed by atoms with Crippen molar-refractivity contribution >= 4 is 6.01 Å². The fourth-order valence-corrected chi connectivity index (χ4v) is 1.36. The van der Waals surface area contributed by atoms with Gasteiger partial charge in [-0.25, -0.2) is 0 Å². The minimum absolute atomic E-state index is 1.28. The molecule has 0 atom stereocenters. The van der Waals surface area contributed by atoms with Crippen LogP contribution in [-0.2, 0) is 0 Å². The Labute approximate surface area is 87.0 Å². The van der Waals surface area contributed by atoms with E-state index in [-0.39, 0.29) is 0 Å². The molecule has 0 rings (SSSR count). The molecule has 80 valence electrons. The van der Waals surface area contributed by atoms with Crippen molar-refractivity contribution in [3.8, 4) is 6.19 Å². The predicted octanol–water partition coefficient (Wildman–Crippen LogP) is 2.09. The smallest absolute Gasteiger partial charge is 0.0925 e. The first-order valence-corrected chi connectivity index (χ1v) is 4.99. The third-order valence-electron chi connectivity index (χ3n) is 2.78. The molecule has 0 saturated carbocycles. The first-order valence-electron chi connectivity index (χ1n) is 4.99. The average molecular weight is 196 g/mol. The highest BCUT2D eigenvalue weighted by Crippen LogP contribution is 2.03. The summed E-state index contributed by atoms with van der Waals surface area (Å²) in [4.78, 5) is 2.58. The van der Waals surface area contributed by atoms with Gasteiger partial charge in [0.1, 0.15) is 0 Å². The largest absolute Gasteiger partial charge is 0.422 e. The number of rotatable bonds is 4. The van der Waals surface area contributed by atoms with Gasteiger partial charge in [-0.15, -0.1) is 6.01 Å². The number of quaternary nitrogens is 1. The van der Waals surface area contributed by atoms with Crippen molar-refractivity contribution in [2.24, 2.45) is 4.99 Å². The minimum Gasteiger partial charge on any atom is -0.422 e.